The number of fused-ring (bicyclic) bond motifs is 1. The third-order valence-corrected chi connectivity index (χ3v) is 2.40. The van der Waals surface area contributed by atoms with Crippen LogP contribution in [-0.2, 0) is 0 Å². The fraction of sp³-hybridized carbons (Fsp3) is 0.143. The van der Waals surface area contributed by atoms with Gasteiger partial charge in [-0.3, -0.25) is 0 Å². The summed E-state index contributed by atoms with van der Waals surface area (Å²) in [5.41, 5.74) is 1.12. The van der Waals surface area contributed by atoms with Crippen LogP contribution in [0, 0.1) is 12.7 Å². The topological polar surface area (TPSA) is 9.23 Å². The average Bonchev–Trinajstić information content (AvgIpc) is 2.26. The normalized spacial score (nSPS) is 10.4. The van der Waals surface area contributed by atoms with Crippen LogP contribution in [0.4, 0.5) is 4.39 Å². The van der Waals surface area contributed by atoms with Crippen LogP contribution in [0.15, 0.2) is 43.0 Å². The number of hydrogen-bond acceptors (Lipinski definition) is 1. The molecule has 0 saturated carbocycles. The molecule has 0 bridgehead atoms. The van der Waals surface area contributed by atoms with Gasteiger partial charge in [-0.15, -0.1) is 0 Å². The fourth-order valence-electron chi connectivity index (χ4n) is 1.63. The summed E-state index contributed by atoms with van der Waals surface area (Å²) in [6, 6.07) is 9.13. The highest BCUT2D eigenvalue weighted by molar-refractivity contribution is 5.84. The lowest BCUT2D eigenvalue weighted by Crippen LogP contribution is -1.95. The smallest absolute Gasteiger partial charge is 0.165 e. The first kappa shape index (κ1) is 10.7. The van der Waals surface area contributed by atoms with Crippen LogP contribution in [0.2, 0.25) is 0 Å². The van der Waals surface area contributed by atoms with E-state index in [0.29, 0.717) is 6.61 Å². The standard InChI is InChI=1S/C14H13FO/c1-3-6-16-14-9-11-5-4-10(2)7-12(11)8-13(14)15/h3-5,7-9H,1,6H2,2H3. The second-order valence-electron chi connectivity index (χ2n) is 3.73. The lowest BCUT2D eigenvalue weighted by atomic mass is 10.1. The van der Waals surface area contributed by atoms with E-state index in [1.165, 1.54) is 6.07 Å². The van der Waals surface area contributed by atoms with Gasteiger partial charge in [-0.25, -0.2) is 4.39 Å². The molecule has 2 aromatic rings. The minimum atomic E-state index is -0.333. The minimum Gasteiger partial charge on any atom is -0.486 e. The molecule has 0 unspecified atom stereocenters. The van der Waals surface area contributed by atoms with Gasteiger partial charge < -0.3 is 4.74 Å². The molecule has 2 rings (SSSR count). The maximum atomic E-state index is 13.6. The summed E-state index contributed by atoms with van der Waals surface area (Å²) < 4.78 is 18.8. The molecule has 0 atom stereocenters. The Kier molecular flexibility index (Phi) is 2.91. The molecule has 0 aliphatic carbocycles. The molecular formula is C14H13FO. The van der Waals surface area contributed by atoms with Gasteiger partial charge in [-0.05, 0) is 29.8 Å². The molecule has 0 aliphatic heterocycles. The molecule has 0 spiro atoms. The monoisotopic (exact) mass is 216 g/mol. The van der Waals surface area contributed by atoms with Crippen molar-refractivity contribution in [2.45, 2.75) is 6.92 Å². The number of benzene rings is 2. The van der Waals surface area contributed by atoms with Gasteiger partial charge in [0, 0.05) is 0 Å². The molecule has 0 heterocycles. The lowest BCUT2D eigenvalue weighted by molar-refractivity contribution is 0.342. The van der Waals surface area contributed by atoms with Crippen molar-refractivity contribution in [3.05, 3.63) is 54.4 Å². The van der Waals surface area contributed by atoms with E-state index in [2.05, 4.69) is 6.58 Å². The Hall–Kier alpha value is -1.83. The first-order chi connectivity index (χ1) is 7.70. The molecule has 0 fully saturated rings. The maximum absolute atomic E-state index is 13.6. The summed E-state index contributed by atoms with van der Waals surface area (Å²) in [7, 11) is 0. The Morgan fingerprint density at radius 2 is 2.06 bits per heavy atom. The van der Waals surface area contributed by atoms with Gasteiger partial charge in [0.05, 0.1) is 0 Å². The van der Waals surface area contributed by atoms with Crippen LogP contribution in [0.1, 0.15) is 5.56 Å². The predicted octanol–water partition coefficient (Wildman–Crippen LogP) is 3.85. The fourth-order valence-corrected chi connectivity index (χ4v) is 1.63. The van der Waals surface area contributed by atoms with Crippen LogP contribution in [0.25, 0.3) is 10.8 Å². The van der Waals surface area contributed by atoms with Gasteiger partial charge in [-0.2, -0.15) is 0 Å². The van der Waals surface area contributed by atoms with E-state index in [4.69, 9.17) is 4.74 Å². The van der Waals surface area contributed by atoms with Crippen molar-refractivity contribution < 1.29 is 9.13 Å². The third kappa shape index (κ3) is 2.06. The van der Waals surface area contributed by atoms with E-state index in [-0.39, 0.29) is 11.6 Å². The molecule has 0 N–H and O–H groups in total. The molecule has 1 nitrogen and oxygen atoms in total. The van der Waals surface area contributed by atoms with Gasteiger partial charge in [-0.1, -0.05) is 36.4 Å². The van der Waals surface area contributed by atoms with Crippen LogP contribution in [0.5, 0.6) is 5.75 Å². The highest BCUT2D eigenvalue weighted by Crippen LogP contribution is 2.25. The van der Waals surface area contributed by atoms with Crippen molar-refractivity contribution in [2.75, 3.05) is 6.61 Å². The van der Waals surface area contributed by atoms with Crippen LogP contribution < -0.4 is 4.74 Å². The Morgan fingerprint density at radius 3 is 2.81 bits per heavy atom. The van der Waals surface area contributed by atoms with E-state index in [9.17, 15) is 4.39 Å². The highest BCUT2D eigenvalue weighted by atomic mass is 19.1. The molecule has 2 heteroatoms. The Labute approximate surface area is 94.2 Å². The van der Waals surface area contributed by atoms with Crippen molar-refractivity contribution in [1.82, 2.24) is 0 Å². The van der Waals surface area contributed by atoms with Crippen LogP contribution >= 0.6 is 0 Å². The summed E-state index contributed by atoms with van der Waals surface area (Å²) in [6.45, 7) is 5.83. The summed E-state index contributed by atoms with van der Waals surface area (Å²) in [5, 5.41) is 1.87. The van der Waals surface area contributed by atoms with E-state index in [1.807, 2.05) is 25.1 Å². The number of rotatable bonds is 3. The molecule has 2 aromatic carbocycles. The molecule has 16 heavy (non-hydrogen) atoms. The summed E-state index contributed by atoms with van der Waals surface area (Å²) in [4.78, 5) is 0. The van der Waals surface area contributed by atoms with Gasteiger partial charge in [0.1, 0.15) is 6.61 Å². The molecule has 0 amide bonds. The van der Waals surface area contributed by atoms with E-state index >= 15 is 0 Å². The highest BCUT2D eigenvalue weighted by Gasteiger charge is 2.05. The number of halogens is 1. The minimum absolute atomic E-state index is 0.274. The van der Waals surface area contributed by atoms with E-state index in [1.54, 1.807) is 12.1 Å². The van der Waals surface area contributed by atoms with E-state index in [0.717, 1.165) is 16.3 Å². The number of hydrogen-bond donors (Lipinski definition) is 0. The van der Waals surface area contributed by atoms with Crippen molar-refractivity contribution in [3.8, 4) is 5.75 Å². The van der Waals surface area contributed by atoms with Crippen molar-refractivity contribution in [3.63, 3.8) is 0 Å². The zero-order valence-electron chi connectivity index (χ0n) is 9.16. The Balaban J connectivity index is 2.49. The van der Waals surface area contributed by atoms with Gasteiger partial charge in [0.2, 0.25) is 0 Å². The summed E-state index contributed by atoms with van der Waals surface area (Å²) in [5.74, 6) is -0.0591. The first-order valence-electron chi connectivity index (χ1n) is 5.14. The second kappa shape index (κ2) is 4.35. The Bertz CT molecular complexity index is 531. The maximum Gasteiger partial charge on any atom is 0.165 e. The van der Waals surface area contributed by atoms with Gasteiger partial charge in [0.25, 0.3) is 0 Å². The molecule has 0 saturated heterocycles. The third-order valence-electron chi connectivity index (χ3n) is 2.40. The van der Waals surface area contributed by atoms with E-state index < -0.39 is 0 Å². The quantitative estimate of drug-likeness (QED) is 0.708. The zero-order chi connectivity index (χ0) is 11.5. The zero-order valence-corrected chi connectivity index (χ0v) is 9.16. The molecule has 0 aliphatic rings. The first-order valence-corrected chi connectivity index (χ1v) is 5.14. The number of ether oxygens (including phenoxy) is 1. The number of aryl methyl sites for hydroxylation is 1. The molecule has 82 valence electrons. The van der Waals surface area contributed by atoms with Crippen molar-refractivity contribution >= 4 is 10.8 Å². The Morgan fingerprint density at radius 1 is 1.25 bits per heavy atom. The summed E-state index contributed by atoms with van der Waals surface area (Å²) in [6.07, 6.45) is 1.60. The summed E-state index contributed by atoms with van der Waals surface area (Å²) >= 11 is 0. The molecule has 0 radical (unpaired) electrons. The molecular weight excluding hydrogens is 203 g/mol. The molecule has 0 aromatic heterocycles. The SMILES string of the molecule is C=CCOc1cc2ccc(C)cc2cc1F. The largest absolute Gasteiger partial charge is 0.486 e. The van der Waals surface area contributed by atoms with Crippen molar-refractivity contribution in [1.29, 1.82) is 0 Å². The predicted molar refractivity (Wildman–Crippen MR) is 64.3 cm³/mol. The van der Waals surface area contributed by atoms with Crippen LogP contribution in [-0.4, -0.2) is 6.61 Å². The second-order valence-corrected chi connectivity index (χ2v) is 3.73. The van der Waals surface area contributed by atoms with Crippen LogP contribution in [0.3, 0.4) is 0 Å². The van der Waals surface area contributed by atoms with Gasteiger partial charge >= 0.3 is 0 Å². The van der Waals surface area contributed by atoms with Crippen molar-refractivity contribution in [2.24, 2.45) is 0 Å². The lowest BCUT2D eigenvalue weighted by Gasteiger charge is -2.07. The average molecular weight is 216 g/mol. The van der Waals surface area contributed by atoms with Gasteiger partial charge in [0.15, 0.2) is 11.6 Å².